The molecule has 2 heterocycles. The van der Waals surface area contributed by atoms with E-state index in [-0.39, 0.29) is 5.91 Å². The second-order valence-electron chi connectivity index (χ2n) is 4.49. The van der Waals surface area contributed by atoms with Crippen LogP contribution in [-0.4, -0.2) is 27.6 Å². The zero-order chi connectivity index (χ0) is 14.8. The van der Waals surface area contributed by atoms with E-state index in [1.54, 1.807) is 54.4 Å². The van der Waals surface area contributed by atoms with E-state index < -0.39 is 0 Å². The van der Waals surface area contributed by atoms with Crippen molar-refractivity contribution < 1.29 is 4.79 Å². The SMILES string of the molecule is CN(C(=O)c1cnn2ccncc12)c1cccc(C#N)c1. The second kappa shape index (κ2) is 5.06. The number of hydrogen-bond acceptors (Lipinski definition) is 4. The summed E-state index contributed by atoms with van der Waals surface area (Å²) < 4.78 is 1.60. The molecule has 0 N–H and O–H groups in total. The van der Waals surface area contributed by atoms with Crippen molar-refractivity contribution in [2.75, 3.05) is 11.9 Å². The van der Waals surface area contributed by atoms with Crippen molar-refractivity contribution in [1.82, 2.24) is 14.6 Å². The summed E-state index contributed by atoms with van der Waals surface area (Å²) in [5.41, 5.74) is 2.27. The first-order valence-corrected chi connectivity index (χ1v) is 6.26. The van der Waals surface area contributed by atoms with Crippen molar-refractivity contribution in [3.63, 3.8) is 0 Å². The molecule has 21 heavy (non-hydrogen) atoms. The Morgan fingerprint density at radius 3 is 3.05 bits per heavy atom. The molecule has 1 amide bonds. The highest BCUT2D eigenvalue weighted by Crippen LogP contribution is 2.19. The lowest BCUT2D eigenvalue weighted by Gasteiger charge is -2.16. The second-order valence-corrected chi connectivity index (χ2v) is 4.49. The van der Waals surface area contributed by atoms with Crippen LogP contribution >= 0.6 is 0 Å². The first kappa shape index (κ1) is 12.8. The first-order valence-electron chi connectivity index (χ1n) is 6.26. The fourth-order valence-corrected chi connectivity index (χ4v) is 2.08. The number of amides is 1. The van der Waals surface area contributed by atoms with E-state index in [4.69, 9.17) is 5.26 Å². The van der Waals surface area contributed by atoms with Gasteiger partial charge in [0.15, 0.2) is 0 Å². The minimum atomic E-state index is -0.201. The van der Waals surface area contributed by atoms with Crippen LogP contribution in [0.3, 0.4) is 0 Å². The summed E-state index contributed by atoms with van der Waals surface area (Å²) in [6.07, 6.45) is 6.40. The number of aromatic nitrogens is 3. The topological polar surface area (TPSA) is 74.3 Å². The molecule has 102 valence electrons. The third kappa shape index (κ3) is 2.21. The monoisotopic (exact) mass is 277 g/mol. The lowest BCUT2D eigenvalue weighted by molar-refractivity contribution is 0.0994. The van der Waals surface area contributed by atoms with Crippen LogP contribution < -0.4 is 4.90 Å². The summed E-state index contributed by atoms with van der Waals surface area (Å²) >= 11 is 0. The molecule has 0 aliphatic carbocycles. The van der Waals surface area contributed by atoms with Gasteiger partial charge in [0.05, 0.1) is 35.1 Å². The quantitative estimate of drug-likeness (QED) is 0.716. The number of nitrogens with zero attached hydrogens (tertiary/aromatic N) is 5. The molecule has 0 saturated carbocycles. The molecule has 0 fully saturated rings. The van der Waals surface area contributed by atoms with Crippen molar-refractivity contribution >= 4 is 17.1 Å². The van der Waals surface area contributed by atoms with E-state index in [9.17, 15) is 4.79 Å². The molecule has 2 aromatic heterocycles. The van der Waals surface area contributed by atoms with E-state index in [0.29, 0.717) is 22.3 Å². The zero-order valence-corrected chi connectivity index (χ0v) is 11.3. The minimum Gasteiger partial charge on any atom is -0.311 e. The molecule has 0 aliphatic rings. The number of benzene rings is 1. The van der Waals surface area contributed by atoms with Crippen molar-refractivity contribution in [3.8, 4) is 6.07 Å². The molecule has 0 atom stereocenters. The lowest BCUT2D eigenvalue weighted by Crippen LogP contribution is -2.26. The van der Waals surface area contributed by atoms with Crippen LogP contribution in [0.4, 0.5) is 5.69 Å². The summed E-state index contributed by atoms with van der Waals surface area (Å²) in [7, 11) is 1.67. The van der Waals surface area contributed by atoms with Crippen LogP contribution in [0.25, 0.3) is 5.52 Å². The van der Waals surface area contributed by atoms with Crippen molar-refractivity contribution in [2.24, 2.45) is 0 Å². The smallest absolute Gasteiger partial charge is 0.261 e. The van der Waals surface area contributed by atoms with Gasteiger partial charge in [-0.15, -0.1) is 0 Å². The summed E-state index contributed by atoms with van der Waals surface area (Å²) in [4.78, 5) is 18.1. The Bertz CT molecular complexity index is 862. The van der Waals surface area contributed by atoms with E-state index in [2.05, 4.69) is 16.2 Å². The Balaban J connectivity index is 1.99. The molecule has 0 saturated heterocycles. The van der Waals surface area contributed by atoms with Crippen LogP contribution in [0.1, 0.15) is 15.9 Å². The van der Waals surface area contributed by atoms with E-state index in [0.717, 1.165) is 0 Å². The Labute approximate surface area is 120 Å². The maximum Gasteiger partial charge on any atom is 0.261 e. The predicted molar refractivity (Wildman–Crippen MR) is 76.9 cm³/mol. The van der Waals surface area contributed by atoms with Crippen molar-refractivity contribution in [1.29, 1.82) is 5.26 Å². The summed E-state index contributed by atoms with van der Waals surface area (Å²) in [6, 6.07) is 8.95. The highest BCUT2D eigenvalue weighted by Gasteiger charge is 2.18. The summed E-state index contributed by atoms with van der Waals surface area (Å²) in [5.74, 6) is -0.201. The summed E-state index contributed by atoms with van der Waals surface area (Å²) in [5, 5.41) is 13.1. The molecule has 6 heteroatoms. The largest absolute Gasteiger partial charge is 0.311 e. The van der Waals surface area contributed by atoms with Gasteiger partial charge in [-0.2, -0.15) is 10.4 Å². The zero-order valence-electron chi connectivity index (χ0n) is 11.3. The lowest BCUT2D eigenvalue weighted by atomic mass is 10.2. The van der Waals surface area contributed by atoms with Gasteiger partial charge >= 0.3 is 0 Å². The molecule has 3 rings (SSSR count). The van der Waals surface area contributed by atoms with Gasteiger partial charge in [0.2, 0.25) is 0 Å². The molecule has 0 bridgehead atoms. The van der Waals surface area contributed by atoms with Gasteiger partial charge in [-0.25, -0.2) is 4.52 Å². The number of fused-ring (bicyclic) bond motifs is 1. The van der Waals surface area contributed by atoms with Gasteiger partial charge in [-0.1, -0.05) is 6.07 Å². The van der Waals surface area contributed by atoms with E-state index in [1.807, 2.05) is 0 Å². The van der Waals surface area contributed by atoms with Crippen molar-refractivity contribution in [2.45, 2.75) is 0 Å². The molecular formula is C15H11N5O. The fraction of sp³-hybridized carbons (Fsp3) is 0.0667. The number of nitriles is 1. The third-order valence-corrected chi connectivity index (χ3v) is 3.22. The molecule has 3 aromatic rings. The van der Waals surface area contributed by atoms with Gasteiger partial charge < -0.3 is 4.90 Å². The van der Waals surface area contributed by atoms with Crippen LogP contribution in [0.2, 0.25) is 0 Å². The number of anilines is 1. The molecule has 0 unspecified atom stereocenters. The number of rotatable bonds is 2. The van der Waals surface area contributed by atoms with Crippen LogP contribution in [0, 0.1) is 11.3 Å². The third-order valence-electron chi connectivity index (χ3n) is 3.22. The predicted octanol–water partition coefficient (Wildman–Crippen LogP) is 1.88. The number of hydrogen-bond donors (Lipinski definition) is 0. The molecule has 0 radical (unpaired) electrons. The van der Waals surface area contributed by atoms with Gasteiger partial charge in [-0.3, -0.25) is 9.78 Å². The molecule has 6 nitrogen and oxygen atoms in total. The van der Waals surface area contributed by atoms with Gasteiger partial charge in [0, 0.05) is 25.1 Å². The van der Waals surface area contributed by atoms with E-state index in [1.165, 1.54) is 11.1 Å². The Morgan fingerprint density at radius 2 is 2.24 bits per heavy atom. The van der Waals surface area contributed by atoms with Crippen molar-refractivity contribution in [3.05, 3.63) is 60.2 Å². The maximum absolute atomic E-state index is 12.6. The van der Waals surface area contributed by atoms with Gasteiger partial charge in [0.1, 0.15) is 0 Å². The average molecular weight is 277 g/mol. The molecule has 1 aromatic carbocycles. The van der Waals surface area contributed by atoms with Gasteiger partial charge in [-0.05, 0) is 18.2 Å². The maximum atomic E-state index is 12.6. The van der Waals surface area contributed by atoms with Crippen LogP contribution in [-0.2, 0) is 0 Å². The standard InChI is InChI=1S/C15H11N5O/c1-19(12-4-2-3-11(7-12)8-16)15(21)13-9-18-20-6-5-17-10-14(13)20/h2-7,9-10H,1H3. The first-order chi connectivity index (χ1) is 10.2. The normalized spacial score (nSPS) is 10.3. The Kier molecular flexibility index (Phi) is 3.09. The Morgan fingerprint density at radius 1 is 1.38 bits per heavy atom. The van der Waals surface area contributed by atoms with Crippen LogP contribution in [0.15, 0.2) is 49.1 Å². The highest BCUT2D eigenvalue weighted by molar-refractivity contribution is 6.09. The summed E-state index contributed by atoms with van der Waals surface area (Å²) in [6.45, 7) is 0. The minimum absolute atomic E-state index is 0.201. The number of carbonyl (C=O) groups is 1. The molecule has 0 spiro atoms. The Hall–Kier alpha value is -3.20. The fourth-order valence-electron chi connectivity index (χ4n) is 2.08. The molecule has 0 aliphatic heterocycles. The molecular weight excluding hydrogens is 266 g/mol. The average Bonchev–Trinajstić information content (AvgIpc) is 2.97. The highest BCUT2D eigenvalue weighted by atomic mass is 16.2. The number of carbonyl (C=O) groups excluding carboxylic acids is 1. The van der Waals surface area contributed by atoms with Gasteiger partial charge in [0.25, 0.3) is 5.91 Å². The van der Waals surface area contributed by atoms with Crippen LogP contribution in [0.5, 0.6) is 0 Å². The van der Waals surface area contributed by atoms with E-state index >= 15 is 0 Å².